The number of amides is 1. The Morgan fingerprint density at radius 3 is 2.46 bits per heavy atom. The number of benzene rings is 2. The summed E-state index contributed by atoms with van der Waals surface area (Å²) < 4.78 is 1.74. The average Bonchev–Trinajstić information content (AvgIpc) is 2.57. The van der Waals surface area contributed by atoms with Gasteiger partial charge in [0.1, 0.15) is 5.49 Å². The number of pyridine rings is 1. The van der Waals surface area contributed by atoms with Crippen molar-refractivity contribution in [3.05, 3.63) is 81.3 Å². The third kappa shape index (κ3) is 2.94. The van der Waals surface area contributed by atoms with Crippen LogP contribution >= 0.6 is 0 Å². The fraction of sp³-hybridized carbons (Fsp3) is 0.111. The number of aryl methyl sites for hydroxylation is 2. The number of nitro benzene ring substituents is 1. The lowest BCUT2D eigenvalue weighted by molar-refractivity contribution is -0.384. The zero-order chi connectivity index (χ0) is 17.3. The number of nitrogens with zero attached hydrogens (tertiary/aromatic N) is 3. The number of carbonyl (C=O) groups excluding carboxylic acids is 1. The molecular formula is C18H15N3O3. The fourth-order valence-electron chi connectivity index (χ4n) is 2.47. The molecule has 1 amide bonds. The number of fused-ring (bicyclic) bond motifs is 1. The second kappa shape index (κ2) is 6.08. The maximum absolute atomic E-state index is 12.3. The number of hydrogen-bond acceptors (Lipinski definition) is 3. The van der Waals surface area contributed by atoms with Crippen LogP contribution in [0.4, 0.5) is 5.69 Å². The Morgan fingerprint density at radius 1 is 1.08 bits per heavy atom. The number of aromatic nitrogens is 1. The molecule has 0 aliphatic heterocycles. The molecule has 120 valence electrons. The Labute approximate surface area is 137 Å². The Balaban J connectivity index is 2.08. The lowest BCUT2D eigenvalue weighted by Crippen LogP contribution is -2.19. The van der Waals surface area contributed by atoms with Gasteiger partial charge < -0.3 is 4.57 Å². The molecule has 2 aromatic carbocycles. The van der Waals surface area contributed by atoms with Gasteiger partial charge in [0.15, 0.2) is 0 Å². The molecule has 0 bridgehead atoms. The molecule has 1 heterocycles. The van der Waals surface area contributed by atoms with E-state index < -0.39 is 4.92 Å². The Kier molecular flexibility index (Phi) is 3.95. The minimum Gasteiger partial charge on any atom is -0.329 e. The van der Waals surface area contributed by atoms with Crippen LogP contribution in [0.15, 0.2) is 59.6 Å². The minimum absolute atomic E-state index is 0.0305. The smallest absolute Gasteiger partial charge is 0.278 e. The molecule has 0 radical (unpaired) electrons. The highest BCUT2D eigenvalue weighted by molar-refractivity contribution is 5.95. The van der Waals surface area contributed by atoms with Crippen LogP contribution in [0, 0.1) is 17.0 Å². The third-order valence-electron chi connectivity index (χ3n) is 3.85. The summed E-state index contributed by atoms with van der Waals surface area (Å²) >= 11 is 0. The molecule has 0 spiro atoms. The lowest BCUT2D eigenvalue weighted by Gasteiger charge is -2.06. The molecule has 0 unspecified atom stereocenters. The summed E-state index contributed by atoms with van der Waals surface area (Å²) in [6.45, 7) is 1.95. The van der Waals surface area contributed by atoms with Gasteiger partial charge in [-0.25, -0.2) is 0 Å². The maximum Gasteiger partial charge on any atom is 0.278 e. The van der Waals surface area contributed by atoms with Crippen molar-refractivity contribution in [2.24, 2.45) is 12.0 Å². The van der Waals surface area contributed by atoms with E-state index in [0.717, 1.165) is 11.1 Å². The SMILES string of the molecule is Cc1ccc(C(=O)N=c2ccc3cc([N+](=O)[O-])ccc3n2C)cc1. The van der Waals surface area contributed by atoms with Crippen LogP contribution in [0.2, 0.25) is 0 Å². The van der Waals surface area contributed by atoms with Crippen LogP contribution in [0.3, 0.4) is 0 Å². The molecule has 1 aromatic heterocycles. The molecule has 0 aliphatic rings. The third-order valence-corrected chi connectivity index (χ3v) is 3.85. The first-order valence-corrected chi connectivity index (χ1v) is 7.35. The van der Waals surface area contributed by atoms with E-state index in [1.165, 1.54) is 12.1 Å². The van der Waals surface area contributed by atoms with Gasteiger partial charge >= 0.3 is 0 Å². The van der Waals surface area contributed by atoms with Gasteiger partial charge in [-0.15, -0.1) is 0 Å². The fourth-order valence-corrected chi connectivity index (χ4v) is 2.47. The van der Waals surface area contributed by atoms with Crippen molar-refractivity contribution in [3.8, 4) is 0 Å². The summed E-state index contributed by atoms with van der Waals surface area (Å²) in [6, 6.07) is 15.2. The van der Waals surface area contributed by atoms with Crippen LogP contribution < -0.4 is 5.49 Å². The van der Waals surface area contributed by atoms with E-state index in [1.807, 2.05) is 19.1 Å². The van der Waals surface area contributed by atoms with Crippen molar-refractivity contribution in [1.82, 2.24) is 4.57 Å². The van der Waals surface area contributed by atoms with Gasteiger partial charge in [-0.3, -0.25) is 14.9 Å². The molecule has 3 rings (SSSR count). The van der Waals surface area contributed by atoms with E-state index in [9.17, 15) is 14.9 Å². The zero-order valence-electron chi connectivity index (χ0n) is 13.3. The van der Waals surface area contributed by atoms with Crippen LogP contribution in [0.5, 0.6) is 0 Å². The molecule has 0 fully saturated rings. The number of hydrogen-bond donors (Lipinski definition) is 0. The normalized spacial score (nSPS) is 11.7. The summed E-state index contributed by atoms with van der Waals surface area (Å²) in [6.07, 6.45) is 0. The number of non-ortho nitro benzene ring substituents is 1. The summed E-state index contributed by atoms with van der Waals surface area (Å²) in [4.78, 5) is 26.9. The van der Waals surface area contributed by atoms with Gasteiger partial charge in [0.25, 0.3) is 11.6 Å². The van der Waals surface area contributed by atoms with Crippen molar-refractivity contribution < 1.29 is 9.72 Å². The molecule has 0 saturated carbocycles. The van der Waals surface area contributed by atoms with Crippen LogP contribution in [-0.2, 0) is 7.05 Å². The predicted molar refractivity (Wildman–Crippen MR) is 90.6 cm³/mol. The highest BCUT2D eigenvalue weighted by Gasteiger charge is 2.08. The molecule has 24 heavy (non-hydrogen) atoms. The van der Waals surface area contributed by atoms with Gasteiger partial charge in [0, 0.05) is 35.6 Å². The second-order valence-corrected chi connectivity index (χ2v) is 5.53. The maximum atomic E-state index is 12.3. The number of nitro groups is 1. The van der Waals surface area contributed by atoms with E-state index in [-0.39, 0.29) is 11.6 Å². The highest BCUT2D eigenvalue weighted by atomic mass is 16.6. The quantitative estimate of drug-likeness (QED) is 0.537. The van der Waals surface area contributed by atoms with E-state index in [2.05, 4.69) is 4.99 Å². The largest absolute Gasteiger partial charge is 0.329 e. The summed E-state index contributed by atoms with van der Waals surface area (Å²) in [5.41, 5.74) is 2.87. The first-order valence-electron chi connectivity index (χ1n) is 7.35. The monoisotopic (exact) mass is 321 g/mol. The molecule has 0 N–H and O–H groups in total. The molecule has 0 saturated heterocycles. The molecular weight excluding hydrogens is 306 g/mol. The molecule has 0 atom stereocenters. The van der Waals surface area contributed by atoms with E-state index in [4.69, 9.17) is 0 Å². The van der Waals surface area contributed by atoms with E-state index in [0.29, 0.717) is 16.4 Å². The number of carbonyl (C=O) groups is 1. The predicted octanol–water partition coefficient (Wildman–Crippen LogP) is 3.14. The van der Waals surface area contributed by atoms with Crippen LogP contribution in [0.25, 0.3) is 10.9 Å². The van der Waals surface area contributed by atoms with Crippen molar-refractivity contribution in [2.45, 2.75) is 6.92 Å². The van der Waals surface area contributed by atoms with Gasteiger partial charge in [0.05, 0.1) is 4.92 Å². The molecule has 6 nitrogen and oxygen atoms in total. The minimum atomic E-state index is -0.432. The van der Waals surface area contributed by atoms with Crippen molar-refractivity contribution in [1.29, 1.82) is 0 Å². The van der Waals surface area contributed by atoms with Crippen LogP contribution in [0.1, 0.15) is 15.9 Å². The zero-order valence-corrected chi connectivity index (χ0v) is 13.3. The highest BCUT2D eigenvalue weighted by Crippen LogP contribution is 2.19. The standard InChI is InChI=1S/C18H15N3O3/c1-12-3-5-13(6-4-12)18(22)19-17-10-7-14-11-15(21(23)24)8-9-16(14)20(17)2/h3-11H,1-2H3. The van der Waals surface area contributed by atoms with Gasteiger partial charge in [0.2, 0.25) is 0 Å². The first-order chi connectivity index (χ1) is 11.5. The van der Waals surface area contributed by atoms with Crippen LogP contribution in [-0.4, -0.2) is 15.4 Å². The van der Waals surface area contributed by atoms with Crippen molar-refractivity contribution >= 4 is 22.5 Å². The molecule has 3 aromatic rings. The van der Waals surface area contributed by atoms with Gasteiger partial charge in [-0.1, -0.05) is 17.7 Å². The Morgan fingerprint density at radius 2 is 1.79 bits per heavy atom. The van der Waals surface area contributed by atoms with Gasteiger partial charge in [-0.2, -0.15) is 4.99 Å². The average molecular weight is 321 g/mol. The second-order valence-electron chi connectivity index (χ2n) is 5.53. The molecule has 6 heteroatoms. The van der Waals surface area contributed by atoms with Gasteiger partial charge in [-0.05, 0) is 37.3 Å². The summed E-state index contributed by atoms with van der Waals surface area (Å²) in [7, 11) is 1.77. The first kappa shape index (κ1) is 15.6. The van der Waals surface area contributed by atoms with E-state index >= 15 is 0 Å². The Hall–Kier alpha value is -3.28. The summed E-state index contributed by atoms with van der Waals surface area (Å²) in [5.74, 6) is -0.327. The summed E-state index contributed by atoms with van der Waals surface area (Å²) in [5, 5.41) is 11.6. The molecule has 0 aliphatic carbocycles. The van der Waals surface area contributed by atoms with Crippen molar-refractivity contribution in [2.75, 3.05) is 0 Å². The number of rotatable bonds is 2. The van der Waals surface area contributed by atoms with Crippen molar-refractivity contribution in [3.63, 3.8) is 0 Å². The Bertz CT molecular complexity index is 1020. The van der Waals surface area contributed by atoms with E-state index in [1.54, 1.807) is 41.9 Å². The topological polar surface area (TPSA) is 77.5 Å². The lowest BCUT2D eigenvalue weighted by atomic mass is 10.1.